The molecular weight excluding hydrogens is 248 g/mol. The molecule has 0 spiro atoms. The second-order valence-electron chi connectivity index (χ2n) is 7.16. The van der Waals surface area contributed by atoms with Crippen molar-refractivity contribution in [2.45, 2.75) is 76.7 Å². The lowest BCUT2D eigenvalue weighted by Crippen LogP contribution is -2.39. The maximum Gasteiger partial charge on any atom is 0.310 e. The van der Waals surface area contributed by atoms with Gasteiger partial charge in [-0.25, -0.2) is 0 Å². The molecule has 2 fully saturated rings. The van der Waals surface area contributed by atoms with E-state index in [1.807, 2.05) is 0 Å². The van der Waals surface area contributed by atoms with Crippen LogP contribution in [0.15, 0.2) is 12.2 Å². The standard InChI is InChI=1S/C18H28O2/c1-2-3-9-18(10-5-4-6-11-18)20-17(19)16-13-14-7-8-15(16)12-14/h7-8,14-16H,2-6,9-13H2,1H3. The first-order valence-corrected chi connectivity index (χ1v) is 8.64. The van der Waals surface area contributed by atoms with Crippen molar-refractivity contribution in [3.05, 3.63) is 12.2 Å². The molecule has 0 saturated heterocycles. The number of allylic oxidation sites excluding steroid dienone is 2. The zero-order valence-corrected chi connectivity index (χ0v) is 12.8. The summed E-state index contributed by atoms with van der Waals surface area (Å²) in [7, 11) is 0. The summed E-state index contributed by atoms with van der Waals surface area (Å²) < 4.78 is 6.14. The summed E-state index contributed by atoms with van der Waals surface area (Å²) in [6, 6.07) is 0. The Kier molecular flexibility index (Phi) is 4.18. The lowest BCUT2D eigenvalue weighted by Gasteiger charge is -2.38. The van der Waals surface area contributed by atoms with Gasteiger partial charge in [-0.05, 0) is 63.2 Å². The molecule has 0 heterocycles. The van der Waals surface area contributed by atoms with Crippen molar-refractivity contribution in [1.29, 1.82) is 0 Å². The summed E-state index contributed by atoms with van der Waals surface area (Å²) in [4.78, 5) is 12.6. The van der Waals surface area contributed by atoms with Gasteiger partial charge in [0.2, 0.25) is 0 Å². The van der Waals surface area contributed by atoms with Crippen LogP contribution >= 0.6 is 0 Å². The van der Waals surface area contributed by atoms with E-state index >= 15 is 0 Å². The lowest BCUT2D eigenvalue weighted by atomic mass is 9.80. The van der Waals surface area contributed by atoms with Gasteiger partial charge in [-0.3, -0.25) is 4.79 Å². The Balaban J connectivity index is 1.63. The van der Waals surface area contributed by atoms with Crippen LogP contribution < -0.4 is 0 Å². The number of unbranched alkanes of at least 4 members (excludes halogenated alkanes) is 1. The normalized spacial score (nSPS) is 34.4. The Labute approximate surface area is 123 Å². The zero-order chi connectivity index (χ0) is 14.0. The highest BCUT2D eigenvalue weighted by Gasteiger charge is 2.44. The topological polar surface area (TPSA) is 26.3 Å². The van der Waals surface area contributed by atoms with E-state index in [0.29, 0.717) is 11.8 Å². The number of carbonyl (C=O) groups excluding carboxylic acids is 1. The molecular formula is C18H28O2. The van der Waals surface area contributed by atoms with Crippen LogP contribution in [0.2, 0.25) is 0 Å². The van der Waals surface area contributed by atoms with Crippen LogP contribution in [0.1, 0.15) is 71.1 Å². The predicted molar refractivity (Wildman–Crippen MR) is 80.3 cm³/mol. The van der Waals surface area contributed by atoms with E-state index in [1.165, 1.54) is 38.5 Å². The summed E-state index contributed by atoms with van der Waals surface area (Å²) in [6.07, 6.45) is 16.2. The zero-order valence-electron chi connectivity index (χ0n) is 12.8. The minimum Gasteiger partial charge on any atom is -0.459 e. The van der Waals surface area contributed by atoms with Crippen LogP contribution in [-0.2, 0) is 9.53 Å². The molecule has 3 unspecified atom stereocenters. The van der Waals surface area contributed by atoms with Crippen molar-refractivity contribution in [2.24, 2.45) is 17.8 Å². The minimum atomic E-state index is -0.114. The predicted octanol–water partition coefficient (Wildman–Crippen LogP) is 4.63. The summed E-state index contributed by atoms with van der Waals surface area (Å²) in [6.45, 7) is 2.22. The molecule has 0 aromatic heterocycles. The van der Waals surface area contributed by atoms with Crippen molar-refractivity contribution in [1.82, 2.24) is 0 Å². The molecule has 2 bridgehead atoms. The van der Waals surface area contributed by atoms with E-state index in [0.717, 1.165) is 25.7 Å². The van der Waals surface area contributed by atoms with Gasteiger partial charge in [-0.1, -0.05) is 31.9 Å². The van der Waals surface area contributed by atoms with Gasteiger partial charge in [0.25, 0.3) is 0 Å². The Morgan fingerprint density at radius 3 is 2.60 bits per heavy atom. The molecule has 2 nitrogen and oxygen atoms in total. The monoisotopic (exact) mass is 276 g/mol. The number of ether oxygens (including phenoxy) is 1. The molecule has 0 N–H and O–H groups in total. The van der Waals surface area contributed by atoms with Gasteiger partial charge in [0, 0.05) is 0 Å². The van der Waals surface area contributed by atoms with E-state index < -0.39 is 0 Å². The first-order valence-electron chi connectivity index (χ1n) is 8.64. The number of esters is 1. The van der Waals surface area contributed by atoms with Crippen LogP contribution in [0.3, 0.4) is 0 Å². The largest absolute Gasteiger partial charge is 0.459 e. The summed E-state index contributed by atoms with van der Waals surface area (Å²) in [5.41, 5.74) is -0.114. The van der Waals surface area contributed by atoms with Crippen molar-refractivity contribution in [3.63, 3.8) is 0 Å². The third-order valence-corrected chi connectivity index (χ3v) is 5.65. The maximum absolute atomic E-state index is 12.6. The Morgan fingerprint density at radius 2 is 2.00 bits per heavy atom. The second kappa shape index (κ2) is 5.91. The van der Waals surface area contributed by atoms with Crippen LogP contribution in [-0.4, -0.2) is 11.6 Å². The molecule has 3 rings (SSSR count). The molecule has 0 aliphatic heterocycles. The Bertz CT molecular complexity index is 379. The SMILES string of the molecule is CCCCC1(OC(=O)C2CC3C=CC2C3)CCCCC1. The quantitative estimate of drug-likeness (QED) is 0.540. The summed E-state index contributed by atoms with van der Waals surface area (Å²) >= 11 is 0. The molecule has 20 heavy (non-hydrogen) atoms. The lowest BCUT2D eigenvalue weighted by molar-refractivity contribution is -0.170. The van der Waals surface area contributed by atoms with E-state index in [9.17, 15) is 4.79 Å². The summed E-state index contributed by atoms with van der Waals surface area (Å²) in [5.74, 6) is 1.39. The third-order valence-electron chi connectivity index (χ3n) is 5.65. The fraction of sp³-hybridized carbons (Fsp3) is 0.833. The minimum absolute atomic E-state index is 0.111. The first-order chi connectivity index (χ1) is 9.72. The van der Waals surface area contributed by atoms with E-state index in [-0.39, 0.29) is 17.5 Å². The van der Waals surface area contributed by atoms with Crippen LogP contribution in [0.4, 0.5) is 0 Å². The smallest absolute Gasteiger partial charge is 0.310 e. The van der Waals surface area contributed by atoms with Crippen molar-refractivity contribution in [2.75, 3.05) is 0 Å². The molecule has 0 aromatic carbocycles. The number of hydrogen-bond donors (Lipinski definition) is 0. The third kappa shape index (κ3) is 2.80. The molecule has 2 saturated carbocycles. The Morgan fingerprint density at radius 1 is 1.20 bits per heavy atom. The average Bonchev–Trinajstić information content (AvgIpc) is 3.09. The van der Waals surface area contributed by atoms with E-state index in [1.54, 1.807) is 0 Å². The average molecular weight is 276 g/mol. The van der Waals surface area contributed by atoms with Gasteiger partial charge in [-0.2, -0.15) is 0 Å². The second-order valence-corrected chi connectivity index (χ2v) is 7.16. The van der Waals surface area contributed by atoms with E-state index in [2.05, 4.69) is 19.1 Å². The van der Waals surface area contributed by atoms with Crippen molar-refractivity contribution in [3.8, 4) is 0 Å². The molecule has 112 valence electrons. The van der Waals surface area contributed by atoms with Gasteiger partial charge in [0.05, 0.1) is 5.92 Å². The molecule has 0 aromatic rings. The van der Waals surface area contributed by atoms with Crippen molar-refractivity contribution >= 4 is 5.97 Å². The molecule has 3 atom stereocenters. The first kappa shape index (κ1) is 14.2. The van der Waals surface area contributed by atoms with Gasteiger partial charge >= 0.3 is 5.97 Å². The molecule has 2 heteroatoms. The molecule has 3 aliphatic rings. The van der Waals surface area contributed by atoms with Gasteiger partial charge in [0.15, 0.2) is 0 Å². The number of fused-ring (bicyclic) bond motifs is 2. The van der Waals surface area contributed by atoms with Gasteiger partial charge in [-0.15, -0.1) is 0 Å². The molecule has 0 radical (unpaired) electrons. The fourth-order valence-electron chi connectivity index (χ4n) is 4.44. The molecule has 3 aliphatic carbocycles. The number of rotatable bonds is 5. The van der Waals surface area contributed by atoms with Crippen LogP contribution in [0.5, 0.6) is 0 Å². The Hall–Kier alpha value is -0.790. The number of hydrogen-bond acceptors (Lipinski definition) is 2. The van der Waals surface area contributed by atoms with E-state index in [4.69, 9.17) is 4.74 Å². The van der Waals surface area contributed by atoms with Crippen LogP contribution in [0, 0.1) is 17.8 Å². The molecule has 0 amide bonds. The highest BCUT2D eigenvalue weighted by atomic mass is 16.6. The maximum atomic E-state index is 12.6. The number of carbonyl (C=O) groups is 1. The fourth-order valence-corrected chi connectivity index (χ4v) is 4.44. The van der Waals surface area contributed by atoms with Gasteiger partial charge in [0.1, 0.15) is 5.60 Å². The van der Waals surface area contributed by atoms with Gasteiger partial charge < -0.3 is 4.74 Å². The summed E-state index contributed by atoms with van der Waals surface area (Å²) in [5, 5.41) is 0. The van der Waals surface area contributed by atoms with Crippen molar-refractivity contribution < 1.29 is 9.53 Å². The van der Waals surface area contributed by atoms with Crippen LogP contribution in [0.25, 0.3) is 0 Å². The highest BCUT2D eigenvalue weighted by Crippen LogP contribution is 2.45. The highest BCUT2D eigenvalue weighted by molar-refractivity contribution is 5.74.